The van der Waals surface area contributed by atoms with Crippen molar-refractivity contribution in [2.75, 3.05) is 0 Å². The third-order valence-electron chi connectivity index (χ3n) is 1.57. The Morgan fingerprint density at radius 1 is 1.50 bits per heavy atom. The summed E-state index contributed by atoms with van der Waals surface area (Å²) in [6.45, 7) is 0. The summed E-state index contributed by atoms with van der Waals surface area (Å²) in [5.74, 6) is -5.08. The lowest BCUT2D eigenvalue weighted by atomic mass is 10.1. The highest BCUT2D eigenvalue weighted by Gasteiger charge is 2.39. The number of nitrogens with zero attached hydrogens (tertiary/aromatic N) is 1. The van der Waals surface area contributed by atoms with Crippen LogP contribution >= 0.6 is 0 Å². The molecule has 0 saturated carbocycles. The minimum Gasteiger partial charge on any atom is -0.303 e. The number of pyridine rings is 1. The summed E-state index contributed by atoms with van der Waals surface area (Å²) in [6.07, 6.45) is 0.146. The van der Waals surface area contributed by atoms with Crippen molar-refractivity contribution in [1.29, 1.82) is 0 Å². The van der Waals surface area contributed by atoms with Crippen LogP contribution in [0, 0.1) is 0 Å². The summed E-state index contributed by atoms with van der Waals surface area (Å²) in [7, 11) is 0. The molecule has 0 unspecified atom stereocenters. The van der Waals surface area contributed by atoms with E-state index in [-0.39, 0.29) is 12.0 Å². The number of alkyl halides is 2. The third kappa shape index (κ3) is 2.18. The molecular weight excluding hydrogens is 192 g/mol. The van der Waals surface area contributed by atoms with Crippen molar-refractivity contribution in [2.24, 2.45) is 0 Å². The van der Waals surface area contributed by atoms with Crippen LogP contribution in [0.2, 0.25) is 0 Å². The molecule has 1 rings (SSSR count). The maximum Gasteiger partial charge on any atom is 0.317 e. The van der Waals surface area contributed by atoms with E-state index in [0.717, 1.165) is 0 Å². The van der Waals surface area contributed by atoms with E-state index in [0.29, 0.717) is 0 Å². The molecule has 0 aliphatic heterocycles. The molecule has 0 fully saturated rings. The van der Waals surface area contributed by atoms with Gasteiger partial charge in [0.15, 0.2) is 0 Å². The zero-order chi connectivity index (χ0) is 10.6. The van der Waals surface area contributed by atoms with Gasteiger partial charge in [0.2, 0.25) is 0 Å². The number of aldehydes is 1. The maximum atomic E-state index is 12.9. The molecule has 1 heterocycles. The van der Waals surface area contributed by atoms with Crippen molar-refractivity contribution < 1.29 is 18.4 Å². The maximum absolute atomic E-state index is 12.9. The summed E-state index contributed by atoms with van der Waals surface area (Å²) in [6, 6.07) is 4.12. The Morgan fingerprint density at radius 3 is 2.71 bits per heavy atom. The molecule has 0 spiro atoms. The van der Waals surface area contributed by atoms with Gasteiger partial charge in [-0.3, -0.25) is 9.78 Å². The molecule has 1 aromatic rings. The monoisotopic (exact) mass is 199 g/mol. The minimum absolute atomic E-state index is 0.0147. The number of ketones is 1. The van der Waals surface area contributed by atoms with Gasteiger partial charge in [-0.25, -0.2) is 0 Å². The molecule has 0 saturated heterocycles. The highest BCUT2D eigenvalue weighted by Crippen LogP contribution is 2.21. The van der Waals surface area contributed by atoms with Crippen LogP contribution in [-0.2, 0) is 4.79 Å². The normalized spacial score (nSPS) is 11.0. The first-order valence-electron chi connectivity index (χ1n) is 3.85. The molecule has 0 atom stereocenters. The van der Waals surface area contributed by atoms with Crippen molar-refractivity contribution >= 4 is 12.1 Å². The molecule has 74 valence electrons. The first-order chi connectivity index (χ1) is 6.58. The molecule has 0 aliphatic carbocycles. The Kier molecular flexibility index (Phi) is 3.01. The van der Waals surface area contributed by atoms with Crippen LogP contribution in [0.4, 0.5) is 8.78 Å². The van der Waals surface area contributed by atoms with E-state index in [1.165, 1.54) is 24.4 Å². The minimum atomic E-state index is -3.66. The smallest absolute Gasteiger partial charge is 0.303 e. The second-order valence-electron chi connectivity index (χ2n) is 2.62. The van der Waals surface area contributed by atoms with Gasteiger partial charge in [0.05, 0.1) is 6.42 Å². The fraction of sp³-hybridized carbons (Fsp3) is 0.222. The van der Waals surface area contributed by atoms with Crippen molar-refractivity contribution in [3.63, 3.8) is 0 Å². The van der Waals surface area contributed by atoms with Crippen LogP contribution in [0.15, 0.2) is 24.4 Å². The van der Waals surface area contributed by atoms with E-state index in [1.807, 2.05) is 0 Å². The van der Waals surface area contributed by atoms with Crippen molar-refractivity contribution in [2.45, 2.75) is 12.3 Å². The number of halogens is 2. The van der Waals surface area contributed by atoms with Gasteiger partial charge in [-0.05, 0) is 12.1 Å². The van der Waals surface area contributed by atoms with E-state index >= 15 is 0 Å². The summed E-state index contributed by atoms with van der Waals surface area (Å²) in [5.41, 5.74) is -0.334. The summed E-state index contributed by atoms with van der Waals surface area (Å²) < 4.78 is 25.8. The molecule has 5 heteroatoms. The van der Waals surface area contributed by atoms with Gasteiger partial charge >= 0.3 is 5.92 Å². The van der Waals surface area contributed by atoms with E-state index < -0.39 is 18.1 Å². The molecule has 0 bridgehead atoms. The fourth-order valence-corrected chi connectivity index (χ4v) is 0.882. The number of carbonyl (C=O) groups excluding carboxylic acids is 2. The van der Waals surface area contributed by atoms with Crippen molar-refractivity contribution in [3.8, 4) is 0 Å². The highest BCUT2D eigenvalue weighted by molar-refractivity contribution is 6.00. The zero-order valence-electron chi connectivity index (χ0n) is 7.11. The average molecular weight is 199 g/mol. The second-order valence-corrected chi connectivity index (χ2v) is 2.62. The van der Waals surface area contributed by atoms with Gasteiger partial charge in [0.25, 0.3) is 5.78 Å². The number of aromatic nitrogens is 1. The largest absolute Gasteiger partial charge is 0.317 e. The topological polar surface area (TPSA) is 47.0 Å². The van der Waals surface area contributed by atoms with Crippen LogP contribution in [0.1, 0.15) is 16.9 Å². The molecule has 0 aliphatic rings. The fourth-order valence-electron chi connectivity index (χ4n) is 0.882. The van der Waals surface area contributed by atoms with E-state index in [1.54, 1.807) is 0 Å². The standard InChI is InChI=1S/C9H7F2NO2/c10-9(11,4-6-13)8(14)7-3-1-2-5-12-7/h1-3,5-6H,4H2. The molecule has 0 radical (unpaired) electrons. The first-order valence-corrected chi connectivity index (χ1v) is 3.85. The highest BCUT2D eigenvalue weighted by atomic mass is 19.3. The molecule has 14 heavy (non-hydrogen) atoms. The molecule has 0 aromatic carbocycles. The van der Waals surface area contributed by atoms with Crippen LogP contribution < -0.4 is 0 Å². The Balaban J connectivity index is 2.90. The number of rotatable bonds is 4. The van der Waals surface area contributed by atoms with Gasteiger partial charge < -0.3 is 4.79 Å². The van der Waals surface area contributed by atoms with Crippen LogP contribution in [-0.4, -0.2) is 23.0 Å². The van der Waals surface area contributed by atoms with Gasteiger partial charge in [-0.2, -0.15) is 8.78 Å². The molecule has 0 N–H and O–H groups in total. The van der Waals surface area contributed by atoms with Crippen LogP contribution in [0.5, 0.6) is 0 Å². The Morgan fingerprint density at radius 2 is 2.21 bits per heavy atom. The lowest BCUT2D eigenvalue weighted by Crippen LogP contribution is -2.29. The van der Waals surface area contributed by atoms with Crippen molar-refractivity contribution in [3.05, 3.63) is 30.1 Å². The lowest BCUT2D eigenvalue weighted by molar-refractivity contribution is -0.112. The van der Waals surface area contributed by atoms with Gasteiger partial charge in [0.1, 0.15) is 12.0 Å². The molecule has 1 aromatic heterocycles. The number of Topliss-reactive ketones (excluding diaryl/α,β-unsaturated/α-hetero) is 1. The Labute approximate surface area is 78.8 Å². The van der Waals surface area contributed by atoms with E-state index in [9.17, 15) is 18.4 Å². The van der Waals surface area contributed by atoms with Gasteiger partial charge in [-0.15, -0.1) is 0 Å². The van der Waals surface area contributed by atoms with E-state index in [2.05, 4.69) is 4.98 Å². The summed E-state index contributed by atoms with van der Waals surface area (Å²) >= 11 is 0. The van der Waals surface area contributed by atoms with Crippen LogP contribution in [0.25, 0.3) is 0 Å². The lowest BCUT2D eigenvalue weighted by Gasteiger charge is -2.10. The molecular formula is C9H7F2NO2. The quantitative estimate of drug-likeness (QED) is 0.545. The third-order valence-corrected chi connectivity index (χ3v) is 1.57. The van der Waals surface area contributed by atoms with Gasteiger partial charge in [-0.1, -0.05) is 6.07 Å². The van der Waals surface area contributed by atoms with E-state index in [4.69, 9.17) is 0 Å². The predicted molar refractivity (Wildman–Crippen MR) is 44.2 cm³/mol. The SMILES string of the molecule is O=CCC(F)(F)C(=O)c1ccccn1. The molecule has 0 amide bonds. The number of hydrogen-bond donors (Lipinski definition) is 0. The zero-order valence-corrected chi connectivity index (χ0v) is 7.11. The first kappa shape index (κ1) is 10.4. The summed E-state index contributed by atoms with van der Waals surface area (Å²) in [5, 5.41) is 0. The average Bonchev–Trinajstić information content (AvgIpc) is 2.18. The van der Waals surface area contributed by atoms with Crippen LogP contribution in [0.3, 0.4) is 0 Å². The second kappa shape index (κ2) is 4.04. The Bertz CT molecular complexity index is 338. The number of hydrogen-bond acceptors (Lipinski definition) is 3. The Hall–Kier alpha value is -1.65. The van der Waals surface area contributed by atoms with Gasteiger partial charge in [0, 0.05) is 6.20 Å². The summed E-state index contributed by atoms with van der Waals surface area (Å²) in [4.78, 5) is 24.5. The van der Waals surface area contributed by atoms with Crippen molar-refractivity contribution in [1.82, 2.24) is 4.98 Å². The molecule has 3 nitrogen and oxygen atoms in total. The number of carbonyl (C=O) groups is 2. The predicted octanol–water partition coefficient (Wildman–Crippen LogP) is 1.49.